The summed E-state index contributed by atoms with van der Waals surface area (Å²) in [5.74, 6) is 1.46. The minimum Gasteiger partial charge on any atom is -0.484 e. The fourth-order valence-electron chi connectivity index (χ4n) is 5.35. The van der Waals surface area contributed by atoms with Crippen molar-refractivity contribution in [3.63, 3.8) is 0 Å². The van der Waals surface area contributed by atoms with Crippen LogP contribution >= 0.6 is 0 Å². The number of nitrogens with one attached hydrogen (secondary N) is 1. The maximum absolute atomic E-state index is 14.1. The first-order valence-electron chi connectivity index (χ1n) is 13.0. The number of benzene rings is 3. The molecule has 0 radical (unpaired) electrons. The molecule has 1 saturated heterocycles. The van der Waals surface area contributed by atoms with Crippen LogP contribution in [0.3, 0.4) is 0 Å². The van der Waals surface area contributed by atoms with Gasteiger partial charge in [0.05, 0.1) is 6.54 Å². The van der Waals surface area contributed by atoms with Crippen LogP contribution in [0.5, 0.6) is 5.75 Å². The van der Waals surface area contributed by atoms with Crippen LogP contribution in [-0.2, 0) is 12.1 Å². The fraction of sp³-hybridized carbons (Fsp3) is 0.323. The van der Waals surface area contributed by atoms with Crippen LogP contribution in [0.25, 0.3) is 0 Å². The average Bonchev–Trinajstić information content (AvgIpc) is 3.40. The SMILES string of the molecule is CCC1CC[NH+](Cc2cc(C(O)(c3ccccc3)c3ccccc3)no2)CC1Oc1ccc(C)c(F)c1. The van der Waals surface area contributed by atoms with E-state index in [0.717, 1.165) is 37.1 Å². The zero-order valence-electron chi connectivity index (χ0n) is 21.4. The van der Waals surface area contributed by atoms with Crippen LogP contribution in [0, 0.1) is 18.7 Å². The Bertz CT molecular complexity index is 1270. The van der Waals surface area contributed by atoms with E-state index in [1.807, 2.05) is 72.8 Å². The summed E-state index contributed by atoms with van der Waals surface area (Å²) in [5, 5.41) is 16.3. The molecule has 3 atom stereocenters. The van der Waals surface area contributed by atoms with Gasteiger partial charge in [0.15, 0.2) is 17.5 Å². The van der Waals surface area contributed by atoms with E-state index in [2.05, 4.69) is 12.1 Å². The van der Waals surface area contributed by atoms with E-state index >= 15 is 0 Å². The minimum absolute atomic E-state index is 0.0104. The summed E-state index contributed by atoms with van der Waals surface area (Å²) in [4.78, 5) is 1.31. The second-order valence-electron chi connectivity index (χ2n) is 10.0. The summed E-state index contributed by atoms with van der Waals surface area (Å²) in [6, 6.07) is 26.0. The average molecular weight is 502 g/mol. The number of hydrogen-bond acceptors (Lipinski definition) is 4. The van der Waals surface area contributed by atoms with Gasteiger partial charge in [-0.25, -0.2) is 4.39 Å². The molecule has 2 N–H and O–H groups in total. The lowest BCUT2D eigenvalue weighted by atomic mass is 9.83. The Morgan fingerprint density at radius 3 is 2.32 bits per heavy atom. The third-order valence-corrected chi connectivity index (χ3v) is 7.58. The number of aryl methyl sites for hydroxylation is 1. The molecule has 37 heavy (non-hydrogen) atoms. The monoisotopic (exact) mass is 501 g/mol. The van der Waals surface area contributed by atoms with Gasteiger partial charge >= 0.3 is 0 Å². The molecule has 0 aliphatic carbocycles. The van der Waals surface area contributed by atoms with E-state index in [1.165, 1.54) is 11.0 Å². The highest BCUT2D eigenvalue weighted by Crippen LogP contribution is 2.36. The third kappa shape index (κ3) is 5.31. The van der Waals surface area contributed by atoms with Gasteiger partial charge in [-0.1, -0.05) is 78.8 Å². The van der Waals surface area contributed by atoms with Crippen molar-refractivity contribution < 1.29 is 23.7 Å². The van der Waals surface area contributed by atoms with Crippen LogP contribution in [-0.4, -0.2) is 29.5 Å². The Balaban J connectivity index is 1.35. The van der Waals surface area contributed by atoms with Crippen molar-refractivity contribution in [2.75, 3.05) is 13.1 Å². The summed E-state index contributed by atoms with van der Waals surface area (Å²) in [6.45, 7) is 6.33. The summed E-state index contributed by atoms with van der Waals surface area (Å²) in [6.07, 6.45) is 2.02. The number of ether oxygens (including phenoxy) is 1. The molecule has 5 nitrogen and oxygen atoms in total. The first-order valence-corrected chi connectivity index (χ1v) is 13.0. The smallest absolute Gasteiger partial charge is 0.191 e. The summed E-state index contributed by atoms with van der Waals surface area (Å²) in [5.41, 5.74) is 1.12. The zero-order chi connectivity index (χ0) is 25.8. The third-order valence-electron chi connectivity index (χ3n) is 7.58. The van der Waals surface area contributed by atoms with E-state index in [1.54, 1.807) is 13.0 Å². The minimum atomic E-state index is -1.42. The molecular formula is C31H34FN2O3+. The molecule has 0 spiro atoms. The fourth-order valence-corrected chi connectivity index (χ4v) is 5.35. The Morgan fingerprint density at radius 2 is 1.70 bits per heavy atom. The van der Waals surface area contributed by atoms with Crippen LogP contribution in [0.1, 0.15) is 47.9 Å². The Hall–Kier alpha value is -3.48. The van der Waals surface area contributed by atoms with Gasteiger partial charge in [0.2, 0.25) is 0 Å². The van der Waals surface area contributed by atoms with Crippen molar-refractivity contribution in [1.82, 2.24) is 5.16 Å². The Labute approximate surface area is 217 Å². The standard InChI is InChI=1S/C31H33FN2O3/c1-3-23-16-17-34(21-29(23)36-26-15-14-22(2)28(32)18-26)20-27-19-30(33-37-27)31(35,24-10-6-4-7-11-24)25-12-8-5-9-13-25/h4-15,18-19,23,29,35H,3,16-17,20-21H2,1-2H3/p+1. The van der Waals surface area contributed by atoms with E-state index in [-0.39, 0.29) is 11.9 Å². The van der Waals surface area contributed by atoms with Gasteiger partial charge in [-0.3, -0.25) is 0 Å². The molecule has 3 unspecified atom stereocenters. The van der Waals surface area contributed by atoms with E-state index in [9.17, 15) is 9.50 Å². The number of likely N-dealkylation sites (tertiary alicyclic amines) is 1. The molecule has 0 saturated carbocycles. The highest BCUT2D eigenvalue weighted by atomic mass is 19.1. The predicted octanol–water partition coefficient (Wildman–Crippen LogP) is 4.67. The van der Waals surface area contributed by atoms with Crippen LogP contribution in [0.2, 0.25) is 0 Å². The van der Waals surface area contributed by atoms with Crippen molar-refractivity contribution in [2.45, 2.75) is 44.9 Å². The van der Waals surface area contributed by atoms with E-state index < -0.39 is 5.60 Å². The molecule has 6 heteroatoms. The first kappa shape index (κ1) is 25.2. The number of nitrogens with zero attached hydrogens (tertiary/aromatic N) is 1. The molecular weight excluding hydrogens is 467 g/mol. The van der Waals surface area contributed by atoms with E-state index in [4.69, 9.17) is 9.26 Å². The largest absolute Gasteiger partial charge is 0.484 e. The number of aromatic nitrogens is 1. The molecule has 192 valence electrons. The van der Waals surface area contributed by atoms with Crippen molar-refractivity contribution in [3.8, 4) is 5.75 Å². The molecule has 0 amide bonds. The number of piperidine rings is 1. The molecule has 1 aromatic heterocycles. The lowest BCUT2D eigenvalue weighted by Gasteiger charge is -2.35. The number of hydrogen-bond donors (Lipinski definition) is 2. The first-order chi connectivity index (χ1) is 18.0. The van der Waals surface area contributed by atoms with Gasteiger partial charge in [0, 0.05) is 24.5 Å². The zero-order valence-corrected chi connectivity index (χ0v) is 21.4. The topological polar surface area (TPSA) is 59.9 Å². The molecule has 3 aromatic carbocycles. The van der Waals surface area contributed by atoms with Crippen LogP contribution in [0.15, 0.2) is 89.5 Å². The Morgan fingerprint density at radius 1 is 1.03 bits per heavy atom. The Kier molecular flexibility index (Phi) is 7.40. The van der Waals surface area contributed by atoms with Crippen molar-refractivity contribution in [3.05, 3.63) is 119 Å². The molecule has 1 aliphatic rings. The van der Waals surface area contributed by atoms with Gasteiger partial charge in [-0.2, -0.15) is 0 Å². The second-order valence-corrected chi connectivity index (χ2v) is 10.0. The van der Waals surface area contributed by atoms with Gasteiger partial charge in [-0.15, -0.1) is 0 Å². The molecule has 1 aliphatic heterocycles. The number of rotatable bonds is 8. The molecule has 5 rings (SSSR count). The quantitative estimate of drug-likeness (QED) is 0.369. The lowest BCUT2D eigenvalue weighted by Crippen LogP contribution is -3.13. The maximum Gasteiger partial charge on any atom is 0.191 e. The molecule has 2 heterocycles. The lowest BCUT2D eigenvalue weighted by molar-refractivity contribution is -0.923. The highest BCUT2D eigenvalue weighted by molar-refractivity contribution is 5.44. The highest BCUT2D eigenvalue weighted by Gasteiger charge is 2.38. The normalized spacial score (nSPS) is 20.1. The number of halogens is 1. The number of aliphatic hydroxyl groups is 1. The summed E-state index contributed by atoms with van der Waals surface area (Å²) in [7, 11) is 0. The predicted molar refractivity (Wildman–Crippen MR) is 140 cm³/mol. The van der Waals surface area contributed by atoms with Gasteiger partial charge < -0.3 is 19.3 Å². The number of quaternary nitrogens is 1. The molecule has 0 bridgehead atoms. The van der Waals surface area contributed by atoms with Crippen LogP contribution in [0.4, 0.5) is 4.39 Å². The van der Waals surface area contributed by atoms with E-state index in [0.29, 0.717) is 35.2 Å². The maximum atomic E-state index is 14.1. The van der Waals surface area contributed by atoms with Crippen molar-refractivity contribution >= 4 is 0 Å². The van der Waals surface area contributed by atoms with Crippen molar-refractivity contribution in [1.29, 1.82) is 0 Å². The van der Waals surface area contributed by atoms with Crippen molar-refractivity contribution in [2.24, 2.45) is 5.92 Å². The van der Waals surface area contributed by atoms with Gasteiger partial charge in [0.25, 0.3) is 0 Å². The van der Waals surface area contributed by atoms with Gasteiger partial charge in [-0.05, 0) is 36.1 Å². The summed E-state index contributed by atoms with van der Waals surface area (Å²) < 4.78 is 26.2. The van der Waals surface area contributed by atoms with Crippen LogP contribution < -0.4 is 9.64 Å². The van der Waals surface area contributed by atoms with Gasteiger partial charge in [0.1, 0.15) is 30.4 Å². The molecule has 1 fully saturated rings. The molecule has 4 aromatic rings. The summed E-state index contributed by atoms with van der Waals surface area (Å²) >= 11 is 0. The second kappa shape index (κ2) is 10.9.